The molecule has 1 unspecified atom stereocenters. The Bertz CT molecular complexity index is 573. The molecule has 27 heavy (non-hydrogen) atoms. The van der Waals surface area contributed by atoms with Crippen LogP contribution in [0.25, 0.3) is 0 Å². The topological polar surface area (TPSA) is 36.9 Å². The van der Waals surface area contributed by atoms with Crippen LogP contribution in [0, 0.1) is 5.92 Å². The highest BCUT2D eigenvalue weighted by Gasteiger charge is 2.33. The molecule has 2 heterocycles. The Balaban J connectivity index is 0.00000261. The lowest BCUT2D eigenvalue weighted by Gasteiger charge is -2.37. The zero-order valence-corrected chi connectivity index (χ0v) is 19.8. The van der Waals surface area contributed by atoms with Gasteiger partial charge in [-0.2, -0.15) is 11.8 Å². The number of guanidine groups is 1. The molecule has 2 aliphatic heterocycles. The number of likely N-dealkylation sites (tertiary alicyclic amines) is 1. The van der Waals surface area contributed by atoms with Gasteiger partial charge in [0.15, 0.2) is 5.96 Å². The zero-order valence-electron chi connectivity index (χ0n) is 16.7. The summed E-state index contributed by atoms with van der Waals surface area (Å²) < 4.78 is 5.89. The van der Waals surface area contributed by atoms with Crippen LogP contribution in [0.3, 0.4) is 0 Å². The van der Waals surface area contributed by atoms with Crippen LogP contribution in [-0.4, -0.2) is 61.3 Å². The molecule has 4 nitrogen and oxygen atoms in total. The van der Waals surface area contributed by atoms with Gasteiger partial charge in [0.1, 0.15) is 0 Å². The van der Waals surface area contributed by atoms with Crippen molar-refractivity contribution >= 4 is 41.7 Å². The molecule has 1 aromatic carbocycles. The summed E-state index contributed by atoms with van der Waals surface area (Å²) in [5.41, 5.74) is 1.45. The zero-order chi connectivity index (χ0) is 18.2. The molecule has 1 N–H and O–H groups in total. The average molecular weight is 503 g/mol. The van der Waals surface area contributed by atoms with E-state index in [-0.39, 0.29) is 24.0 Å². The predicted molar refractivity (Wildman–Crippen MR) is 128 cm³/mol. The summed E-state index contributed by atoms with van der Waals surface area (Å²) in [5.74, 6) is 2.95. The number of nitrogens with zero attached hydrogens (tertiary/aromatic N) is 2. The molecule has 0 spiro atoms. The number of benzene rings is 1. The molecule has 3 rings (SSSR count). The second-order valence-corrected chi connectivity index (χ2v) is 9.15. The van der Waals surface area contributed by atoms with Gasteiger partial charge in [-0.1, -0.05) is 37.3 Å². The van der Waals surface area contributed by atoms with E-state index >= 15 is 0 Å². The van der Waals surface area contributed by atoms with Gasteiger partial charge in [0.2, 0.25) is 0 Å². The Kier molecular flexibility index (Phi) is 9.73. The minimum absolute atomic E-state index is 0. The maximum absolute atomic E-state index is 5.59. The number of halogens is 1. The van der Waals surface area contributed by atoms with E-state index in [2.05, 4.69) is 64.2 Å². The van der Waals surface area contributed by atoms with Gasteiger partial charge in [-0.15, -0.1) is 24.0 Å². The van der Waals surface area contributed by atoms with Crippen molar-refractivity contribution in [2.24, 2.45) is 10.9 Å². The number of hydrogen-bond acceptors (Lipinski definition) is 3. The van der Waals surface area contributed by atoms with Crippen LogP contribution in [0.15, 0.2) is 35.3 Å². The highest BCUT2D eigenvalue weighted by molar-refractivity contribution is 14.0. The molecule has 0 aliphatic carbocycles. The summed E-state index contributed by atoms with van der Waals surface area (Å²) in [4.78, 5) is 7.02. The minimum atomic E-state index is 0. The summed E-state index contributed by atoms with van der Waals surface area (Å²) in [6, 6.07) is 10.9. The number of thioether (sulfide) groups is 1. The number of aliphatic imine (C=N–C) groups is 1. The van der Waals surface area contributed by atoms with Gasteiger partial charge in [-0.05, 0) is 42.9 Å². The first kappa shape index (κ1) is 22.8. The van der Waals surface area contributed by atoms with Gasteiger partial charge in [-0.25, -0.2) is 0 Å². The molecule has 0 bridgehead atoms. The van der Waals surface area contributed by atoms with Crippen LogP contribution in [0.2, 0.25) is 0 Å². The molecule has 2 fully saturated rings. The van der Waals surface area contributed by atoms with Crippen molar-refractivity contribution in [2.75, 3.05) is 45.6 Å². The van der Waals surface area contributed by atoms with Crippen molar-refractivity contribution in [1.29, 1.82) is 0 Å². The standard InChI is InChI=1S/C21H33N3OS.HI/c1-3-26-21(10-13-25-14-11-21)17-23-20(22-2)24-12-9-19(16-24)15-18-7-5-4-6-8-18;/h4-8,19H,3,9-17H2,1-2H3,(H,22,23);1H. The molecule has 0 radical (unpaired) electrons. The fourth-order valence-electron chi connectivity index (χ4n) is 4.13. The SMILES string of the molecule is CCSC1(CNC(=NC)N2CCC(Cc3ccccc3)C2)CCOCC1.I. The van der Waals surface area contributed by atoms with Crippen molar-refractivity contribution in [2.45, 2.75) is 37.4 Å². The van der Waals surface area contributed by atoms with Crippen LogP contribution in [0.4, 0.5) is 0 Å². The van der Waals surface area contributed by atoms with Crippen molar-refractivity contribution in [3.8, 4) is 0 Å². The molecule has 0 aromatic heterocycles. The first-order chi connectivity index (χ1) is 12.7. The third kappa shape index (κ3) is 6.53. The molecular formula is C21H34IN3OS. The van der Waals surface area contributed by atoms with E-state index < -0.39 is 0 Å². The van der Waals surface area contributed by atoms with E-state index in [1.165, 1.54) is 18.4 Å². The van der Waals surface area contributed by atoms with Crippen LogP contribution in [-0.2, 0) is 11.2 Å². The Morgan fingerprint density at radius 3 is 2.70 bits per heavy atom. The summed E-state index contributed by atoms with van der Waals surface area (Å²) in [6.45, 7) is 7.22. The van der Waals surface area contributed by atoms with Gasteiger partial charge in [0, 0.05) is 44.6 Å². The first-order valence-corrected chi connectivity index (χ1v) is 10.9. The van der Waals surface area contributed by atoms with Crippen LogP contribution >= 0.6 is 35.7 Å². The van der Waals surface area contributed by atoms with Gasteiger partial charge < -0.3 is 15.0 Å². The van der Waals surface area contributed by atoms with E-state index in [1.807, 2.05) is 7.05 Å². The van der Waals surface area contributed by atoms with E-state index in [4.69, 9.17) is 4.74 Å². The fraction of sp³-hybridized carbons (Fsp3) is 0.667. The molecular weight excluding hydrogens is 469 g/mol. The Labute approximate surface area is 185 Å². The third-order valence-electron chi connectivity index (χ3n) is 5.59. The van der Waals surface area contributed by atoms with Gasteiger partial charge in [0.25, 0.3) is 0 Å². The maximum Gasteiger partial charge on any atom is 0.193 e. The second-order valence-electron chi connectivity index (χ2n) is 7.42. The number of rotatable bonds is 6. The lowest BCUT2D eigenvalue weighted by Crippen LogP contribution is -2.49. The largest absolute Gasteiger partial charge is 0.381 e. The Morgan fingerprint density at radius 1 is 1.30 bits per heavy atom. The van der Waals surface area contributed by atoms with E-state index in [1.54, 1.807) is 0 Å². The summed E-state index contributed by atoms with van der Waals surface area (Å²) >= 11 is 2.08. The third-order valence-corrected chi connectivity index (χ3v) is 7.04. The van der Waals surface area contributed by atoms with Gasteiger partial charge >= 0.3 is 0 Å². The number of hydrogen-bond donors (Lipinski definition) is 1. The molecule has 0 saturated carbocycles. The molecule has 6 heteroatoms. The molecule has 1 atom stereocenters. The number of nitrogens with one attached hydrogen (secondary N) is 1. The smallest absolute Gasteiger partial charge is 0.193 e. The van der Waals surface area contributed by atoms with Crippen LogP contribution in [0.5, 0.6) is 0 Å². The Hall–Kier alpha value is -0.470. The van der Waals surface area contributed by atoms with E-state index in [0.717, 1.165) is 63.3 Å². The average Bonchev–Trinajstić information content (AvgIpc) is 3.12. The van der Waals surface area contributed by atoms with Gasteiger partial charge in [-0.3, -0.25) is 4.99 Å². The van der Waals surface area contributed by atoms with Crippen molar-refractivity contribution in [1.82, 2.24) is 10.2 Å². The predicted octanol–water partition coefficient (Wildman–Crippen LogP) is 4.05. The highest BCUT2D eigenvalue weighted by atomic mass is 127. The fourth-order valence-corrected chi connectivity index (χ4v) is 5.38. The molecule has 2 saturated heterocycles. The molecule has 152 valence electrons. The monoisotopic (exact) mass is 503 g/mol. The second kappa shape index (κ2) is 11.5. The molecule has 2 aliphatic rings. The lowest BCUT2D eigenvalue weighted by atomic mass is 9.99. The van der Waals surface area contributed by atoms with Crippen molar-refractivity contribution < 1.29 is 4.74 Å². The van der Waals surface area contributed by atoms with E-state index in [9.17, 15) is 0 Å². The first-order valence-electron chi connectivity index (χ1n) is 9.96. The van der Waals surface area contributed by atoms with Crippen LogP contribution in [0.1, 0.15) is 31.7 Å². The minimum Gasteiger partial charge on any atom is -0.381 e. The number of ether oxygens (including phenoxy) is 1. The summed E-state index contributed by atoms with van der Waals surface area (Å²) in [5, 5.41) is 3.69. The summed E-state index contributed by atoms with van der Waals surface area (Å²) in [6.07, 6.45) is 4.68. The highest BCUT2D eigenvalue weighted by Crippen LogP contribution is 2.35. The molecule has 0 amide bonds. The maximum atomic E-state index is 5.59. The normalized spacial score (nSPS) is 22.4. The quantitative estimate of drug-likeness (QED) is 0.361. The van der Waals surface area contributed by atoms with E-state index in [0.29, 0.717) is 4.75 Å². The lowest BCUT2D eigenvalue weighted by molar-refractivity contribution is 0.0780. The van der Waals surface area contributed by atoms with Crippen LogP contribution < -0.4 is 5.32 Å². The van der Waals surface area contributed by atoms with Crippen molar-refractivity contribution in [3.63, 3.8) is 0 Å². The Morgan fingerprint density at radius 2 is 2.04 bits per heavy atom. The van der Waals surface area contributed by atoms with Crippen molar-refractivity contribution in [3.05, 3.63) is 35.9 Å². The van der Waals surface area contributed by atoms with Gasteiger partial charge in [0.05, 0.1) is 0 Å². The summed E-state index contributed by atoms with van der Waals surface area (Å²) in [7, 11) is 1.91. The molecule has 1 aromatic rings.